The maximum Gasteiger partial charge on any atom is 0.103 e. The number of hydrogen-bond donors (Lipinski definition) is 1. The molecule has 0 saturated heterocycles. The zero-order valence-corrected chi connectivity index (χ0v) is 12.8. The van der Waals surface area contributed by atoms with E-state index in [1.807, 2.05) is 36.0 Å². The molecule has 5 heteroatoms. The number of aromatic nitrogens is 3. The average molecular weight is 283 g/mol. The maximum atomic E-state index is 8.72. The number of hydrogen-bond acceptors (Lipinski definition) is 4. The van der Waals surface area contributed by atoms with Gasteiger partial charge in [0.25, 0.3) is 0 Å². The molecule has 2 aromatic rings. The Morgan fingerprint density at radius 2 is 2.00 bits per heavy atom. The second kappa shape index (κ2) is 7.00. The van der Waals surface area contributed by atoms with Gasteiger partial charge in [0, 0.05) is 0 Å². The van der Waals surface area contributed by atoms with Crippen LogP contribution in [0.15, 0.2) is 24.3 Å². The molecular formula is C16H21N5. The summed E-state index contributed by atoms with van der Waals surface area (Å²) in [4.78, 5) is 0. The number of benzene rings is 1. The molecule has 0 aliphatic rings. The zero-order valence-electron chi connectivity index (χ0n) is 12.8. The summed E-state index contributed by atoms with van der Waals surface area (Å²) in [7, 11) is 1.95. The zero-order chi connectivity index (χ0) is 15.2. The van der Waals surface area contributed by atoms with Gasteiger partial charge in [-0.25, -0.2) is 4.68 Å². The van der Waals surface area contributed by atoms with Gasteiger partial charge in [0.1, 0.15) is 5.69 Å². The van der Waals surface area contributed by atoms with Crippen molar-refractivity contribution >= 4 is 0 Å². The van der Waals surface area contributed by atoms with Gasteiger partial charge in [-0.05, 0) is 37.6 Å². The Balaban J connectivity index is 2.38. The molecule has 5 nitrogen and oxygen atoms in total. The molecule has 1 heterocycles. The molecule has 21 heavy (non-hydrogen) atoms. The molecule has 0 aliphatic carbocycles. The summed E-state index contributed by atoms with van der Waals surface area (Å²) in [6.07, 6.45) is 2.28. The van der Waals surface area contributed by atoms with Crippen LogP contribution < -0.4 is 5.32 Å². The van der Waals surface area contributed by atoms with Gasteiger partial charge in [-0.3, -0.25) is 0 Å². The van der Waals surface area contributed by atoms with E-state index in [4.69, 9.17) is 5.26 Å². The molecule has 0 fully saturated rings. The van der Waals surface area contributed by atoms with E-state index in [9.17, 15) is 0 Å². The smallest absolute Gasteiger partial charge is 0.103 e. The molecule has 0 bridgehead atoms. The fourth-order valence-electron chi connectivity index (χ4n) is 2.50. The van der Waals surface area contributed by atoms with Crippen LogP contribution in [0.3, 0.4) is 0 Å². The fraction of sp³-hybridized carbons (Fsp3) is 0.438. The predicted octanol–water partition coefficient (Wildman–Crippen LogP) is 2.57. The van der Waals surface area contributed by atoms with E-state index in [1.54, 1.807) is 0 Å². The molecule has 0 aliphatic heterocycles. The van der Waals surface area contributed by atoms with Crippen LogP contribution >= 0.6 is 0 Å². The second-order valence-electron chi connectivity index (χ2n) is 4.94. The largest absolute Gasteiger partial charge is 0.312 e. The normalized spacial score (nSPS) is 12.1. The highest BCUT2D eigenvalue weighted by atomic mass is 15.4. The Hall–Kier alpha value is -2.19. The Morgan fingerprint density at radius 1 is 1.29 bits per heavy atom. The van der Waals surface area contributed by atoms with Crippen molar-refractivity contribution in [2.24, 2.45) is 0 Å². The van der Waals surface area contributed by atoms with Crippen LogP contribution in [-0.4, -0.2) is 22.0 Å². The van der Waals surface area contributed by atoms with Crippen molar-refractivity contribution in [3.05, 3.63) is 41.2 Å². The summed E-state index contributed by atoms with van der Waals surface area (Å²) in [5.74, 6) is 0. The van der Waals surface area contributed by atoms with E-state index in [0.29, 0.717) is 6.42 Å². The van der Waals surface area contributed by atoms with Crippen molar-refractivity contribution in [3.8, 4) is 11.8 Å². The number of rotatable bonds is 6. The Bertz CT molecular complexity index is 617. The van der Waals surface area contributed by atoms with Crippen LogP contribution in [0.5, 0.6) is 0 Å². The van der Waals surface area contributed by atoms with E-state index in [2.05, 4.69) is 35.5 Å². The summed E-state index contributed by atoms with van der Waals surface area (Å²) >= 11 is 0. The molecule has 0 radical (unpaired) electrons. The molecule has 1 aromatic carbocycles. The minimum absolute atomic E-state index is 0.228. The van der Waals surface area contributed by atoms with Gasteiger partial charge in [0.15, 0.2) is 0 Å². The van der Waals surface area contributed by atoms with Crippen LogP contribution in [0, 0.1) is 11.3 Å². The Kier molecular flexibility index (Phi) is 5.07. The standard InChI is InChI=1S/C16H21N5/c1-4-14(18-3)16-15(5-2)21(20-19-16)13-8-6-12(7-9-13)10-11-17/h6-9,14,18H,4-5,10H2,1-3H3. The Morgan fingerprint density at radius 3 is 2.52 bits per heavy atom. The van der Waals surface area contributed by atoms with Crippen molar-refractivity contribution in [3.63, 3.8) is 0 Å². The van der Waals surface area contributed by atoms with E-state index in [0.717, 1.165) is 35.5 Å². The van der Waals surface area contributed by atoms with Crippen molar-refractivity contribution in [1.82, 2.24) is 20.3 Å². The fourth-order valence-corrected chi connectivity index (χ4v) is 2.50. The number of nitrogens with one attached hydrogen (secondary N) is 1. The second-order valence-corrected chi connectivity index (χ2v) is 4.94. The third-order valence-electron chi connectivity index (χ3n) is 3.68. The highest BCUT2D eigenvalue weighted by molar-refractivity contribution is 5.37. The number of nitriles is 1. The Labute approximate surface area is 125 Å². The van der Waals surface area contributed by atoms with Crippen LogP contribution in [0.4, 0.5) is 0 Å². The monoisotopic (exact) mass is 283 g/mol. The molecule has 1 unspecified atom stereocenters. The van der Waals surface area contributed by atoms with Gasteiger partial charge in [-0.2, -0.15) is 5.26 Å². The van der Waals surface area contributed by atoms with Crippen molar-refractivity contribution < 1.29 is 0 Å². The summed E-state index contributed by atoms with van der Waals surface area (Å²) in [6.45, 7) is 4.25. The molecule has 1 atom stereocenters. The molecule has 1 N–H and O–H groups in total. The molecule has 1 aromatic heterocycles. The SMILES string of the molecule is CCc1c(C(CC)NC)nnn1-c1ccc(CC#N)cc1. The lowest BCUT2D eigenvalue weighted by Gasteiger charge is -2.13. The van der Waals surface area contributed by atoms with Gasteiger partial charge in [0.2, 0.25) is 0 Å². The molecule has 0 amide bonds. The summed E-state index contributed by atoms with van der Waals surface area (Å²) < 4.78 is 1.89. The minimum Gasteiger partial charge on any atom is -0.312 e. The summed E-state index contributed by atoms with van der Waals surface area (Å²) in [5.41, 5.74) is 4.15. The van der Waals surface area contributed by atoms with Crippen LogP contribution in [0.25, 0.3) is 5.69 Å². The molecular weight excluding hydrogens is 262 g/mol. The van der Waals surface area contributed by atoms with E-state index >= 15 is 0 Å². The third-order valence-corrected chi connectivity index (χ3v) is 3.68. The predicted molar refractivity (Wildman–Crippen MR) is 82.1 cm³/mol. The molecule has 110 valence electrons. The first kappa shape index (κ1) is 15.2. The van der Waals surface area contributed by atoms with Gasteiger partial charge >= 0.3 is 0 Å². The maximum absolute atomic E-state index is 8.72. The van der Waals surface area contributed by atoms with Gasteiger partial charge in [-0.1, -0.05) is 31.2 Å². The lowest BCUT2D eigenvalue weighted by atomic mass is 10.1. The average Bonchev–Trinajstić information content (AvgIpc) is 2.93. The van der Waals surface area contributed by atoms with E-state index in [-0.39, 0.29) is 6.04 Å². The summed E-state index contributed by atoms with van der Waals surface area (Å²) in [6, 6.07) is 10.3. The van der Waals surface area contributed by atoms with Crippen LogP contribution in [-0.2, 0) is 12.8 Å². The van der Waals surface area contributed by atoms with E-state index in [1.165, 1.54) is 0 Å². The lowest BCUT2D eigenvalue weighted by Crippen LogP contribution is -2.17. The van der Waals surface area contributed by atoms with Crippen molar-refractivity contribution in [1.29, 1.82) is 5.26 Å². The minimum atomic E-state index is 0.228. The third kappa shape index (κ3) is 3.11. The van der Waals surface area contributed by atoms with Crippen LogP contribution in [0.2, 0.25) is 0 Å². The topological polar surface area (TPSA) is 66.5 Å². The first-order chi connectivity index (χ1) is 10.2. The first-order valence-electron chi connectivity index (χ1n) is 7.33. The van der Waals surface area contributed by atoms with Crippen molar-refractivity contribution in [2.75, 3.05) is 7.05 Å². The lowest BCUT2D eigenvalue weighted by molar-refractivity contribution is 0.555. The number of nitrogens with zero attached hydrogens (tertiary/aromatic N) is 4. The summed E-state index contributed by atoms with van der Waals surface area (Å²) in [5, 5.41) is 20.7. The van der Waals surface area contributed by atoms with Crippen molar-refractivity contribution in [2.45, 2.75) is 39.2 Å². The highest BCUT2D eigenvalue weighted by Gasteiger charge is 2.18. The molecule has 0 spiro atoms. The van der Waals surface area contributed by atoms with Gasteiger partial charge in [-0.15, -0.1) is 5.10 Å². The molecule has 0 saturated carbocycles. The van der Waals surface area contributed by atoms with Gasteiger partial charge < -0.3 is 5.32 Å². The quantitative estimate of drug-likeness (QED) is 0.884. The molecule has 2 rings (SSSR count). The first-order valence-corrected chi connectivity index (χ1v) is 7.33. The van der Waals surface area contributed by atoms with E-state index < -0.39 is 0 Å². The van der Waals surface area contributed by atoms with Crippen LogP contribution in [0.1, 0.15) is 43.3 Å². The van der Waals surface area contributed by atoms with Gasteiger partial charge in [0.05, 0.1) is 29.9 Å². The highest BCUT2D eigenvalue weighted by Crippen LogP contribution is 2.21.